The maximum absolute atomic E-state index is 10.1. The molecule has 0 amide bonds. The molecule has 0 aliphatic rings. The van der Waals surface area contributed by atoms with Gasteiger partial charge in [-0.15, -0.1) is 11.3 Å². The fraction of sp³-hybridized carbons (Fsp3) is 0.100. The first-order chi connectivity index (χ1) is 12.5. The Balaban J connectivity index is 1.87. The van der Waals surface area contributed by atoms with Crippen molar-refractivity contribution in [2.24, 2.45) is 0 Å². The molecule has 26 heavy (non-hydrogen) atoms. The largest absolute Gasteiger partial charge is 0.506 e. The molecule has 2 aromatic carbocycles. The Kier molecular flexibility index (Phi) is 4.26. The number of fused-ring (bicyclic) bond motifs is 1. The Bertz CT molecular complexity index is 1120. The van der Waals surface area contributed by atoms with E-state index >= 15 is 0 Å². The number of anilines is 2. The van der Waals surface area contributed by atoms with Gasteiger partial charge in [0, 0.05) is 16.0 Å². The zero-order chi connectivity index (χ0) is 18.3. The first-order valence-corrected chi connectivity index (χ1v) is 9.34. The van der Waals surface area contributed by atoms with Crippen molar-refractivity contribution >= 4 is 44.7 Å². The number of nitrogens with zero attached hydrogens (tertiary/aromatic N) is 2. The molecule has 130 valence electrons. The number of benzene rings is 2. The van der Waals surface area contributed by atoms with Crippen LogP contribution in [-0.2, 0) is 0 Å². The average molecular weight is 382 g/mol. The summed E-state index contributed by atoms with van der Waals surface area (Å²) in [5.74, 6) is 0.756. The summed E-state index contributed by atoms with van der Waals surface area (Å²) in [6.45, 7) is 4.20. The molecule has 0 saturated heterocycles. The van der Waals surface area contributed by atoms with Crippen LogP contribution >= 0.6 is 22.9 Å². The van der Waals surface area contributed by atoms with Crippen LogP contribution < -0.4 is 5.32 Å². The Hall–Kier alpha value is -2.63. The van der Waals surface area contributed by atoms with E-state index in [2.05, 4.69) is 52.7 Å². The van der Waals surface area contributed by atoms with Gasteiger partial charge in [0.2, 0.25) is 0 Å². The molecule has 6 heteroatoms. The minimum Gasteiger partial charge on any atom is -0.506 e. The number of thiophene rings is 1. The summed E-state index contributed by atoms with van der Waals surface area (Å²) in [6.07, 6.45) is 1.52. The van der Waals surface area contributed by atoms with Gasteiger partial charge in [0.1, 0.15) is 22.7 Å². The molecule has 0 fully saturated rings. The lowest BCUT2D eigenvalue weighted by Crippen LogP contribution is -1.96. The van der Waals surface area contributed by atoms with E-state index in [9.17, 15) is 5.11 Å². The molecule has 2 aromatic heterocycles. The molecular formula is C20H16ClN3OS. The van der Waals surface area contributed by atoms with Gasteiger partial charge in [0.05, 0.1) is 11.1 Å². The first kappa shape index (κ1) is 16.8. The van der Waals surface area contributed by atoms with Crippen LogP contribution in [0.3, 0.4) is 0 Å². The second-order valence-corrected chi connectivity index (χ2v) is 7.43. The molecule has 0 aliphatic heterocycles. The molecule has 4 rings (SSSR count). The number of hydrogen-bond donors (Lipinski definition) is 2. The van der Waals surface area contributed by atoms with Gasteiger partial charge in [-0.2, -0.15) is 0 Å². The average Bonchev–Trinajstić information content (AvgIpc) is 3.06. The highest BCUT2D eigenvalue weighted by atomic mass is 35.5. The molecule has 2 heterocycles. The van der Waals surface area contributed by atoms with E-state index in [1.807, 2.05) is 0 Å². The smallest absolute Gasteiger partial charge is 0.143 e. The van der Waals surface area contributed by atoms with Gasteiger partial charge >= 0.3 is 0 Å². The lowest BCUT2D eigenvalue weighted by molar-refractivity contribution is 0.478. The molecule has 0 unspecified atom stereocenters. The minimum absolute atomic E-state index is 0.115. The summed E-state index contributed by atoms with van der Waals surface area (Å²) >= 11 is 7.63. The summed E-state index contributed by atoms with van der Waals surface area (Å²) in [5.41, 5.74) is 5.19. The molecule has 0 atom stereocenters. The number of phenolic OH excluding ortho intramolecular Hbond substituents is 1. The third kappa shape index (κ3) is 3.00. The van der Waals surface area contributed by atoms with Crippen LogP contribution in [0.5, 0.6) is 5.75 Å². The number of phenols is 1. The van der Waals surface area contributed by atoms with Gasteiger partial charge in [-0.1, -0.05) is 29.8 Å². The number of halogens is 1. The van der Waals surface area contributed by atoms with Gasteiger partial charge < -0.3 is 10.4 Å². The third-order valence-corrected chi connectivity index (χ3v) is 5.52. The molecule has 0 saturated carbocycles. The summed E-state index contributed by atoms with van der Waals surface area (Å²) in [4.78, 5) is 9.68. The molecule has 0 aliphatic carbocycles. The number of nitrogens with one attached hydrogen (secondary N) is 1. The van der Waals surface area contributed by atoms with Crippen LogP contribution in [-0.4, -0.2) is 15.1 Å². The van der Waals surface area contributed by atoms with Crippen LogP contribution in [0.25, 0.3) is 21.3 Å². The quantitative estimate of drug-likeness (QED) is 0.422. The van der Waals surface area contributed by atoms with Gasteiger partial charge in [0.25, 0.3) is 0 Å². The Morgan fingerprint density at radius 3 is 2.69 bits per heavy atom. The van der Waals surface area contributed by atoms with E-state index in [-0.39, 0.29) is 5.75 Å². The number of aromatic nitrogens is 2. The van der Waals surface area contributed by atoms with Gasteiger partial charge in [-0.25, -0.2) is 9.97 Å². The van der Waals surface area contributed by atoms with Gasteiger partial charge in [-0.3, -0.25) is 0 Å². The fourth-order valence-electron chi connectivity index (χ4n) is 2.83. The van der Waals surface area contributed by atoms with E-state index in [4.69, 9.17) is 11.6 Å². The highest BCUT2D eigenvalue weighted by Gasteiger charge is 2.15. The summed E-state index contributed by atoms with van der Waals surface area (Å²) in [6, 6.07) is 11.3. The SMILES string of the molecule is Cc1ccc(-c2csc3ncnc(Nc4cc(Cl)ccc4O)c23)cc1C. The number of hydrogen-bond acceptors (Lipinski definition) is 5. The first-order valence-electron chi connectivity index (χ1n) is 8.08. The molecular weight excluding hydrogens is 366 g/mol. The molecule has 0 radical (unpaired) electrons. The van der Waals surface area contributed by atoms with Crippen molar-refractivity contribution in [1.29, 1.82) is 0 Å². The monoisotopic (exact) mass is 381 g/mol. The topological polar surface area (TPSA) is 58.0 Å². The number of aryl methyl sites for hydroxylation is 2. The van der Waals surface area contributed by atoms with Crippen LogP contribution in [0, 0.1) is 13.8 Å². The van der Waals surface area contributed by atoms with E-state index < -0.39 is 0 Å². The lowest BCUT2D eigenvalue weighted by Gasteiger charge is -2.11. The third-order valence-electron chi connectivity index (χ3n) is 4.40. The van der Waals surface area contributed by atoms with Crippen LogP contribution in [0.1, 0.15) is 11.1 Å². The van der Waals surface area contributed by atoms with Crippen LogP contribution in [0.4, 0.5) is 11.5 Å². The number of aromatic hydroxyl groups is 1. The van der Waals surface area contributed by atoms with Crippen molar-refractivity contribution in [2.45, 2.75) is 13.8 Å². The highest BCUT2D eigenvalue weighted by Crippen LogP contribution is 2.39. The van der Waals surface area contributed by atoms with Crippen LogP contribution in [0.2, 0.25) is 5.02 Å². The Morgan fingerprint density at radius 1 is 1.04 bits per heavy atom. The summed E-state index contributed by atoms with van der Waals surface area (Å²) < 4.78 is 0. The maximum Gasteiger partial charge on any atom is 0.143 e. The molecule has 2 N–H and O–H groups in total. The highest BCUT2D eigenvalue weighted by molar-refractivity contribution is 7.17. The van der Waals surface area contributed by atoms with E-state index in [1.54, 1.807) is 29.5 Å². The van der Waals surface area contributed by atoms with E-state index in [0.29, 0.717) is 16.5 Å². The second kappa shape index (κ2) is 6.59. The predicted octanol–water partition coefficient (Wildman–Crippen LogP) is 6.08. The minimum atomic E-state index is 0.115. The lowest BCUT2D eigenvalue weighted by atomic mass is 10.0. The number of rotatable bonds is 3. The summed E-state index contributed by atoms with van der Waals surface area (Å²) in [7, 11) is 0. The van der Waals surface area contributed by atoms with E-state index in [0.717, 1.165) is 21.3 Å². The van der Waals surface area contributed by atoms with Gasteiger partial charge in [-0.05, 0) is 48.7 Å². The standard InChI is InChI=1S/C20H16ClN3OS/c1-11-3-4-13(7-12(11)2)15-9-26-20-18(15)19(22-10-23-20)24-16-8-14(21)5-6-17(16)25/h3-10,25H,1-2H3,(H,22,23,24). The Morgan fingerprint density at radius 2 is 1.88 bits per heavy atom. The van der Waals surface area contributed by atoms with Crippen molar-refractivity contribution in [2.75, 3.05) is 5.32 Å². The van der Waals surface area contributed by atoms with Crippen molar-refractivity contribution in [3.63, 3.8) is 0 Å². The second-order valence-electron chi connectivity index (χ2n) is 6.14. The molecule has 0 spiro atoms. The van der Waals surface area contributed by atoms with Crippen molar-refractivity contribution in [3.8, 4) is 16.9 Å². The van der Waals surface area contributed by atoms with Crippen molar-refractivity contribution in [3.05, 3.63) is 64.3 Å². The van der Waals surface area contributed by atoms with Crippen molar-refractivity contribution < 1.29 is 5.11 Å². The fourth-order valence-corrected chi connectivity index (χ4v) is 3.92. The zero-order valence-corrected chi connectivity index (χ0v) is 15.8. The maximum atomic E-state index is 10.1. The molecule has 4 nitrogen and oxygen atoms in total. The summed E-state index contributed by atoms with van der Waals surface area (Å²) in [5, 5.41) is 16.9. The van der Waals surface area contributed by atoms with Crippen molar-refractivity contribution in [1.82, 2.24) is 9.97 Å². The Labute approximate surface area is 160 Å². The van der Waals surface area contributed by atoms with E-state index in [1.165, 1.54) is 17.5 Å². The van der Waals surface area contributed by atoms with Crippen LogP contribution in [0.15, 0.2) is 48.1 Å². The molecule has 0 bridgehead atoms. The van der Waals surface area contributed by atoms with Gasteiger partial charge in [0.15, 0.2) is 0 Å². The predicted molar refractivity (Wildman–Crippen MR) is 109 cm³/mol. The normalized spacial score (nSPS) is 11.0. The molecule has 4 aromatic rings. The zero-order valence-electron chi connectivity index (χ0n) is 14.2.